The molecule has 3 atom stereocenters. The second-order valence-electron chi connectivity index (χ2n) is 10.8. The Hall–Kier alpha value is -3.84. The van der Waals surface area contributed by atoms with Crippen molar-refractivity contribution in [3.05, 3.63) is 76.2 Å². The van der Waals surface area contributed by atoms with Crippen LogP contribution in [-0.2, 0) is 28.7 Å². The minimum Gasteiger partial charge on any atom is -0.493 e. The van der Waals surface area contributed by atoms with Gasteiger partial charge < -0.3 is 24.4 Å². The molecule has 222 valence electrons. The van der Waals surface area contributed by atoms with E-state index in [1.165, 1.54) is 6.20 Å². The third-order valence-corrected chi connectivity index (χ3v) is 8.00. The van der Waals surface area contributed by atoms with Crippen LogP contribution in [0.25, 0.3) is 11.1 Å². The maximum absolute atomic E-state index is 15.1. The standard InChI is InChI=1S/C29H23F6NO6/c30-20-8-19(29(33,34)35)16(25-21(31)6-15(7-22(25)32)41-2-1-28(39)11-40-12-28)4-14(20)10-42-23-5-13-3-17-24(18(13)9-36-23)26(17)27(37)38/h4-9,17,24,26,39H,1-3,10-12H2,(H,37,38)/t17-,24-,26+/m1/s1. The van der Waals surface area contributed by atoms with Crippen LogP contribution < -0.4 is 9.47 Å². The zero-order valence-electron chi connectivity index (χ0n) is 21.7. The quantitative estimate of drug-likeness (QED) is 0.326. The minimum absolute atomic E-state index is 0.0327. The first-order valence-corrected chi connectivity index (χ1v) is 13.0. The van der Waals surface area contributed by atoms with Gasteiger partial charge in [0.25, 0.3) is 0 Å². The van der Waals surface area contributed by atoms with Gasteiger partial charge in [-0.2, -0.15) is 13.2 Å². The largest absolute Gasteiger partial charge is 0.493 e. The Balaban J connectivity index is 1.23. The molecule has 0 radical (unpaired) electrons. The van der Waals surface area contributed by atoms with Gasteiger partial charge in [-0.25, -0.2) is 18.2 Å². The summed E-state index contributed by atoms with van der Waals surface area (Å²) in [6, 6.07) is 3.85. The number of fused-ring (bicyclic) bond motifs is 3. The zero-order chi connectivity index (χ0) is 30.0. The number of aliphatic hydroxyl groups is 1. The van der Waals surface area contributed by atoms with E-state index in [9.17, 15) is 32.6 Å². The van der Waals surface area contributed by atoms with Crippen LogP contribution >= 0.6 is 0 Å². The normalized spacial score (nSPS) is 21.7. The van der Waals surface area contributed by atoms with Crippen molar-refractivity contribution in [2.75, 3.05) is 19.8 Å². The van der Waals surface area contributed by atoms with Gasteiger partial charge in [0.05, 0.1) is 36.9 Å². The Morgan fingerprint density at radius 2 is 1.76 bits per heavy atom. The monoisotopic (exact) mass is 595 g/mol. The van der Waals surface area contributed by atoms with E-state index in [0.717, 1.165) is 11.1 Å². The highest BCUT2D eigenvalue weighted by atomic mass is 19.4. The SMILES string of the molecule is O=C(O)[C@H]1[C@@H]2Cc3cc(OCc4cc(-c5c(F)cc(OCCC6(O)COC6)cc5F)c(C(F)(F)F)cc4F)ncc3[C@@H]21. The van der Waals surface area contributed by atoms with Crippen molar-refractivity contribution in [1.29, 1.82) is 0 Å². The average molecular weight is 595 g/mol. The smallest absolute Gasteiger partial charge is 0.417 e. The van der Waals surface area contributed by atoms with Crippen LogP contribution in [-0.4, -0.2) is 46.6 Å². The van der Waals surface area contributed by atoms with Gasteiger partial charge in [0.15, 0.2) is 0 Å². The molecule has 2 N–H and O–H groups in total. The molecule has 6 rings (SSSR count). The predicted octanol–water partition coefficient (Wildman–Crippen LogP) is 5.26. The summed E-state index contributed by atoms with van der Waals surface area (Å²) in [6.45, 7) is -0.538. The lowest BCUT2D eigenvalue weighted by molar-refractivity contribution is -0.184. The van der Waals surface area contributed by atoms with E-state index in [0.29, 0.717) is 24.6 Å². The third-order valence-electron chi connectivity index (χ3n) is 8.00. The van der Waals surface area contributed by atoms with E-state index in [-0.39, 0.29) is 55.8 Å². The molecule has 7 nitrogen and oxygen atoms in total. The number of pyridine rings is 1. The summed E-state index contributed by atoms with van der Waals surface area (Å²) >= 11 is 0. The summed E-state index contributed by atoms with van der Waals surface area (Å²) in [5.41, 5.74) is -3.42. The number of aromatic nitrogens is 1. The zero-order valence-corrected chi connectivity index (χ0v) is 21.7. The predicted molar refractivity (Wildman–Crippen MR) is 132 cm³/mol. The molecule has 2 fully saturated rings. The second-order valence-corrected chi connectivity index (χ2v) is 10.8. The number of nitrogens with zero attached hydrogens (tertiary/aromatic N) is 1. The number of aliphatic carboxylic acids is 1. The molecular weight excluding hydrogens is 572 g/mol. The van der Waals surface area contributed by atoms with Crippen LogP contribution in [0.2, 0.25) is 0 Å². The van der Waals surface area contributed by atoms with Gasteiger partial charge in [-0.05, 0) is 35.6 Å². The lowest BCUT2D eigenvalue weighted by Crippen LogP contribution is -2.50. The van der Waals surface area contributed by atoms with Crippen molar-refractivity contribution in [2.24, 2.45) is 11.8 Å². The van der Waals surface area contributed by atoms with Gasteiger partial charge in [-0.3, -0.25) is 4.79 Å². The number of carboxylic acids is 1. The summed E-state index contributed by atoms with van der Waals surface area (Å²) in [5.74, 6) is -5.77. The van der Waals surface area contributed by atoms with E-state index in [2.05, 4.69) is 4.98 Å². The number of alkyl halides is 3. The van der Waals surface area contributed by atoms with Gasteiger partial charge in [-0.15, -0.1) is 0 Å². The molecule has 0 bridgehead atoms. The summed E-state index contributed by atoms with van der Waals surface area (Å²) in [6.07, 6.45) is -3.05. The van der Waals surface area contributed by atoms with Crippen LogP contribution in [0, 0.1) is 29.3 Å². The topological polar surface area (TPSA) is 98.1 Å². The van der Waals surface area contributed by atoms with Crippen LogP contribution in [0.4, 0.5) is 26.3 Å². The number of ether oxygens (including phenoxy) is 3. The number of halogens is 6. The van der Waals surface area contributed by atoms with Crippen molar-refractivity contribution >= 4 is 5.97 Å². The molecule has 1 saturated carbocycles. The molecule has 1 saturated heterocycles. The fourth-order valence-corrected chi connectivity index (χ4v) is 5.74. The second kappa shape index (κ2) is 10.2. The van der Waals surface area contributed by atoms with E-state index in [4.69, 9.17) is 14.2 Å². The van der Waals surface area contributed by atoms with E-state index in [1.807, 2.05) is 0 Å². The van der Waals surface area contributed by atoms with Crippen molar-refractivity contribution in [3.8, 4) is 22.8 Å². The Kier molecular flexibility index (Phi) is 6.84. The number of hydrogen-bond acceptors (Lipinski definition) is 6. The first kappa shape index (κ1) is 28.3. The number of carboxylic acid groups (broad SMARTS) is 1. The maximum atomic E-state index is 15.1. The number of rotatable bonds is 9. The van der Waals surface area contributed by atoms with Gasteiger partial charge in [0, 0.05) is 47.9 Å². The van der Waals surface area contributed by atoms with Gasteiger partial charge >= 0.3 is 12.1 Å². The Morgan fingerprint density at radius 3 is 2.38 bits per heavy atom. The number of hydrogen-bond donors (Lipinski definition) is 2. The molecule has 0 amide bonds. The lowest BCUT2D eigenvalue weighted by Gasteiger charge is -2.36. The van der Waals surface area contributed by atoms with Crippen molar-refractivity contribution in [2.45, 2.75) is 37.1 Å². The van der Waals surface area contributed by atoms with Gasteiger partial charge in [0.1, 0.15) is 35.4 Å². The highest BCUT2D eigenvalue weighted by Crippen LogP contribution is 2.61. The molecule has 1 aromatic heterocycles. The highest BCUT2D eigenvalue weighted by molar-refractivity contribution is 5.77. The Morgan fingerprint density at radius 1 is 1.05 bits per heavy atom. The Bertz CT molecular complexity index is 1550. The van der Waals surface area contributed by atoms with Crippen molar-refractivity contribution < 1.29 is 55.6 Å². The lowest BCUT2D eigenvalue weighted by atomic mass is 9.95. The van der Waals surface area contributed by atoms with Crippen LogP contribution in [0.15, 0.2) is 36.5 Å². The molecular formula is C29H23F6NO6. The van der Waals surface area contributed by atoms with Crippen LogP contribution in [0.3, 0.4) is 0 Å². The molecule has 0 spiro atoms. The molecule has 42 heavy (non-hydrogen) atoms. The minimum atomic E-state index is -5.14. The first-order valence-electron chi connectivity index (χ1n) is 13.0. The molecule has 13 heteroatoms. The summed E-state index contributed by atoms with van der Waals surface area (Å²) < 4.78 is 102. The Labute approximate surface area is 234 Å². The summed E-state index contributed by atoms with van der Waals surface area (Å²) in [7, 11) is 0. The maximum Gasteiger partial charge on any atom is 0.417 e. The molecule has 3 aliphatic rings. The molecule has 2 heterocycles. The van der Waals surface area contributed by atoms with Gasteiger partial charge in [0.2, 0.25) is 5.88 Å². The van der Waals surface area contributed by atoms with E-state index in [1.54, 1.807) is 6.07 Å². The molecule has 0 unspecified atom stereocenters. The molecule has 2 aliphatic carbocycles. The highest BCUT2D eigenvalue weighted by Gasteiger charge is 2.60. The first-order chi connectivity index (χ1) is 19.8. The number of benzene rings is 2. The van der Waals surface area contributed by atoms with Crippen LogP contribution in [0.1, 0.15) is 34.6 Å². The summed E-state index contributed by atoms with van der Waals surface area (Å²) in [5, 5.41) is 19.3. The van der Waals surface area contributed by atoms with E-state index >= 15 is 8.78 Å². The fourth-order valence-electron chi connectivity index (χ4n) is 5.74. The molecule has 2 aromatic carbocycles. The fraction of sp³-hybridized carbons (Fsp3) is 0.379. The van der Waals surface area contributed by atoms with E-state index < -0.39 is 70.0 Å². The van der Waals surface area contributed by atoms with Crippen molar-refractivity contribution in [1.82, 2.24) is 4.98 Å². The molecule has 3 aromatic rings. The van der Waals surface area contributed by atoms with Crippen LogP contribution in [0.5, 0.6) is 11.6 Å². The van der Waals surface area contributed by atoms with Crippen molar-refractivity contribution in [3.63, 3.8) is 0 Å². The third kappa shape index (κ3) is 5.15. The average Bonchev–Trinajstić information content (AvgIpc) is 3.49. The summed E-state index contributed by atoms with van der Waals surface area (Å²) in [4.78, 5) is 15.4. The number of carbonyl (C=O) groups is 1. The van der Waals surface area contributed by atoms with Gasteiger partial charge in [-0.1, -0.05) is 0 Å². The molecule has 1 aliphatic heterocycles.